The fourth-order valence-corrected chi connectivity index (χ4v) is 1.76. The van der Waals surface area contributed by atoms with Crippen LogP contribution in [-0.4, -0.2) is 25.5 Å². The fraction of sp³-hybridized carbons (Fsp3) is 0.417. The highest BCUT2D eigenvalue weighted by atomic mass is 16.6. The highest BCUT2D eigenvalue weighted by Gasteiger charge is 2.21. The Morgan fingerprint density at radius 3 is 2.69 bits per heavy atom. The summed E-state index contributed by atoms with van der Waals surface area (Å²) in [5.41, 5.74) is 6.94. The van der Waals surface area contributed by atoms with Crippen LogP contribution in [-0.2, 0) is 0 Å². The molecule has 0 atom stereocenters. The summed E-state index contributed by atoms with van der Waals surface area (Å²) < 4.78 is 11.0. The minimum atomic E-state index is 0.00394. The van der Waals surface area contributed by atoms with Crippen molar-refractivity contribution < 1.29 is 14.3 Å². The van der Waals surface area contributed by atoms with Gasteiger partial charge in [0.25, 0.3) is 0 Å². The van der Waals surface area contributed by atoms with Crippen LogP contribution in [0.25, 0.3) is 0 Å². The molecule has 1 aliphatic rings. The number of fused-ring (bicyclic) bond motifs is 1. The highest BCUT2D eigenvalue weighted by Crippen LogP contribution is 2.37. The average molecular weight is 221 g/mol. The molecule has 1 aromatic rings. The number of rotatable bonds is 3. The molecule has 0 bridgehead atoms. The van der Waals surface area contributed by atoms with Crippen molar-refractivity contribution in [1.29, 1.82) is 0 Å². The number of carbonyl (C=O) groups is 1. The van der Waals surface area contributed by atoms with Crippen LogP contribution < -0.4 is 15.2 Å². The summed E-state index contributed by atoms with van der Waals surface area (Å²) in [7, 11) is 0. The van der Waals surface area contributed by atoms with Gasteiger partial charge >= 0.3 is 0 Å². The first-order valence-corrected chi connectivity index (χ1v) is 5.36. The number of carbonyl (C=O) groups excluding carboxylic acids is 1. The summed E-state index contributed by atoms with van der Waals surface area (Å²) in [6.45, 7) is 3.30. The topological polar surface area (TPSA) is 61.6 Å². The van der Waals surface area contributed by atoms with Crippen molar-refractivity contribution in [3.05, 3.63) is 23.3 Å². The Morgan fingerprint density at radius 2 is 2.00 bits per heavy atom. The van der Waals surface area contributed by atoms with Crippen molar-refractivity contribution in [3.63, 3.8) is 0 Å². The van der Waals surface area contributed by atoms with E-state index in [1.165, 1.54) is 0 Å². The third-order valence-electron chi connectivity index (χ3n) is 2.56. The van der Waals surface area contributed by atoms with Crippen molar-refractivity contribution in [2.24, 2.45) is 5.73 Å². The molecule has 0 saturated heterocycles. The van der Waals surface area contributed by atoms with Crippen LogP contribution in [0.1, 0.15) is 22.3 Å². The summed E-state index contributed by atoms with van der Waals surface area (Å²) in [5.74, 6) is 1.27. The van der Waals surface area contributed by atoms with Crippen molar-refractivity contribution in [2.75, 3.05) is 19.8 Å². The predicted octanol–water partition coefficient (Wildman–Crippen LogP) is 1.30. The van der Waals surface area contributed by atoms with E-state index >= 15 is 0 Å². The Balaban J connectivity index is 2.42. The molecule has 0 unspecified atom stereocenters. The number of nitrogens with two attached hydrogens (primary N) is 1. The van der Waals surface area contributed by atoms with Gasteiger partial charge in [-0.25, -0.2) is 0 Å². The number of Topliss-reactive ketones (excluding diaryl/α,β-unsaturated/α-hetero) is 1. The van der Waals surface area contributed by atoms with E-state index in [0.29, 0.717) is 43.2 Å². The van der Waals surface area contributed by atoms with E-state index in [0.717, 1.165) is 5.56 Å². The van der Waals surface area contributed by atoms with Crippen molar-refractivity contribution in [1.82, 2.24) is 0 Å². The van der Waals surface area contributed by atoms with Gasteiger partial charge < -0.3 is 15.2 Å². The molecule has 2 N–H and O–H groups in total. The summed E-state index contributed by atoms with van der Waals surface area (Å²) in [5, 5.41) is 0. The highest BCUT2D eigenvalue weighted by molar-refractivity contribution is 5.99. The van der Waals surface area contributed by atoms with E-state index in [-0.39, 0.29) is 5.78 Å². The molecular weight excluding hydrogens is 206 g/mol. The molecule has 0 fully saturated rings. The summed E-state index contributed by atoms with van der Waals surface area (Å²) >= 11 is 0. The van der Waals surface area contributed by atoms with E-state index in [4.69, 9.17) is 15.2 Å². The molecule has 0 spiro atoms. The molecule has 4 nitrogen and oxygen atoms in total. The van der Waals surface area contributed by atoms with Crippen LogP contribution in [0.4, 0.5) is 0 Å². The van der Waals surface area contributed by atoms with Gasteiger partial charge in [0.1, 0.15) is 13.2 Å². The minimum Gasteiger partial charge on any atom is -0.486 e. The number of benzene rings is 1. The largest absolute Gasteiger partial charge is 0.486 e. The van der Waals surface area contributed by atoms with Gasteiger partial charge in [-0.2, -0.15) is 0 Å². The maximum atomic E-state index is 11.8. The van der Waals surface area contributed by atoms with E-state index in [2.05, 4.69) is 0 Å². The molecule has 1 aliphatic heterocycles. The lowest BCUT2D eigenvalue weighted by Crippen LogP contribution is -2.19. The van der Waals surface area contributed by atoms with Gasteiger partial charge in [-0.15, -0.1) is 0 Å². The number of ketones is 1. The van der Waals surface area contributed by atoms with E-state index < -0.39 is 0 Å². The van der Waals surface area contributed by atoms with E-state index in [1.54, 1.807) is 6.07 Å². The fourth-order valence-electron chi connectivity index (χ4n) is 1.76. The SMILES string of the molecule is Cc1ccc(C(=O)CCN)c2c1OCCO2. The molecule has 0 saturated carbocycles. The maximum absolute atomic E-state index is 11.8. The van der Waals surface area contributed by atoms with E-state index in [9.17, 15) is 4.79 Å². The van der Waals surface area contributed by atoms with Crippen LogP contribution in [0.5, 0.6) is 11.5 Å². The summed E-state index contributed by atoms with van der Waals surface area (Å²) in [6.07, 6.45) is 0.332. The van der Waals surface area contributed by atoms with Crippen LogP contribution >= 0.6 is 0 Å². The monoisotopic (exact) mass is 221 g/mol. The lowest BCUT2D eigenvalue weighted by atomic mass is 10.0. The first kappa shape index (κ1) is 11.0. The second kappa shape index (κ2) is 4.53. The zero-order valence-electron chi connectivity index (χ0n) is 9.29. The quantitative estimate of drug-likeness (QED) is 0.781. The Bertz CT molecular complexity index is 415. The molecule has 0 aromatic heterocycles. The lowest BCUT2D eigenvalue weighted by Gasteiger charge is -2.22. The minimum absolute atomic E-state index is 0.00394. The van der Waals surface area contributed by atoms with Gasteiger partial charge in [-0.1, -0.05) is 6.07 Å². The second-order valence-electron chi connectivity index (χ2n) is 3.75. The van der Waals surface area contributed by atoms with Gasteiger partial charge in [0.05, 0.1) is 5.56 Å². The molecule has 4 heteroatoms. The van der Waals surface area contributed by atoms with Crippen LogP contribution in [0.3, 0.4) is 0 Å². The molecule has 0 amide bonds. The first-order chi connectivity index (χ1) is 7.74. The maximum Gasteiger partial charge on any atom is 0.172 e. The average Bonchev–Trinajstić information content (AvgIpc) is 2.30. The smallest absolute Gasteiger partial charge is 0.172 e. The first-order valence-electron chi connectivity index (χ1n) is 5.36. The predicted molar refractivity (Wildman–Crippen MR) is 60.2 cm³/mol. The molecular formula is C12H15NO3. The molecule has 16 heavy (non-hydrogen) atoms. The van der Waals surface area contributed by atoms with Gasteiger partial charge in [-0.3, -0.25) is 4.79 Å². The van der Waals surface area contributed by atoms with Crippen molar-refractivity contribution >= 4 is 5.78 Å². The van der Waals surface area contributed by atoms with Crippen molar-refractivity contribution in [2.45, 2.75) is 13.3 Å². The zero-order chi connectivity index (χ0) is 11.5. The molecule has 1 aromatic carbocycles. The van der Waals surface area contributed by atoms with Gasteiger partial charge in [0.2, 0.25) is 0 Å². The number of hydrogen-bond donors (Lipinski definition) is 1. The van der Waals surface area contributed by atoms with Gasteiger partial charge in [0.15, 0.2) is 17.3 Å². The van der Waals surface area contributed by atoms with Crippen LogP contribution in [0.15, 0.2) is 12.1 Å². The number of hydrogen-bond acceptors (Lipinski definition) is 4. The number of aryl methyl sites for hydroxylation is 1. The van der Waals surface area contributed by atoms with Crippen LogP contribution in [0.2, 0.25) is 0 Å². The Labute approximate surface area is 94.3 Å². The summed E-state index contributed by atoms with van der Waals surface area (Å²) in [6, 6.07) is 3.65. The molecule has 86 valence electrons. The number of ether oxygens (including phenoxy) is 2. The zero-order valence-corrected chi connectivity index (χ0v) is 9.29. The Hall–Kier alpha value is -1.55. The standard InChI is InChI=1S/C12H15NO3/c1-8-2-3-9(10(14)4-5-13)12-11(8)15-6-7-16-12/h2-3H,4-7,13H2,1H3. The molecule has 2 rings (SSSR count). The molecule has 0 radical (unpaired) electrons. The second-order valence-corrected chi connectivity index (χ2v) is 3.75. The van der Waals surface area contributed by atoms with Crippen molar-refractivity contribution in [3.8, 4) is 11.5 Å². The Kier molecular flexibility index (Phi) is 3.10. The third kappa shape index (κ3) is 1.88. The van der Waals surface area contributed by atoms with E-state index in [1.807, 2.05) is 13.0 Å². The Morgan fingerprint density at radius 1 is 1.31 bits per heavy atom. The summed E-state index contributed by atoms with van der Waals surface area (Å²) in [4.78, 5) is 11.8. The lowest BCUT2D eigenvalue weighted by molar-refractivity contribution is 0.0974. The van der Waals surface area contributed by atoms with Gasteiger partial charge in [-0.05, 0) is 25.1 Å². The molecule has 1 heterocycles. The molecule has 0 aliphatic carbocycles. The van der Waals surface area contributed by atoms with Gasteiger partial charge in [0, 0.05) is 6.42 Å². The third-order valence-corrected chi connectivity index (χ3v) is 2.56. The normalized spacial score (nSPS) is 13.6. The van der Waals surface area contributed by atoms with Crippen LogP contribution in [0, 0.1) is 6.92 Å².